The second-order valence-electron chi connectivity index (χ2n) is 11.2. The minimum atomic E-state index is 0.257. The molecule has 0 aliphatic carbocycles. The first kappa shape index (κ1) is 24.2. The SMILES string of the molecule is Cc1nc2cc(-c3n[nH]c4c3CN(C(=O)C[C@@H]3CCCN(Cc5cn(C)c6ccccc56)C3)CC4)ccc2o1. The van der Waals surface area contributed by atoms with Crippen LogP contribution >= 0.6 is 0 Å². The summed E-state index contributed by atoms with van der Waals surface area (Å²) < 4.78 is 7.85. The van der Waals surface area contributed by atoms with Gasteiger partial charge in [0, 0.05) is 86.9 Å². The van der Waals surface area contributed by atoms with E-state index in [1.807, 2.05) is 30.0 Å². The number of aromatic amines is 1. The highest BCUT2D eigenvalue weighted by molar-refractivity contribution is 5.84. The number of H-pyrrole nitrogens is 1. The van der Waals surface area contributed by atoms with Crippen LogP contribution in [0.15, 0.2) is 53.1 Å². The first-order valence-corrected chi connectivity index (χ1v) is 14.0. The number of aromatic nitrogens is 4. The van der Waals surface area contributed by atoms with Crippen molar-refractivity contribution in [1.29, 1.82) is 0 Å². The number of aryl methyl sites for hydroxylation is 2. The van der Waals surface area contributed by atoms with Crippen LogP contribution in [0.5, 0.6) is 0 Å². The van der Waals surface area contributed by atoms with Crippen molar-refractivity contribution in [2.24, 2.45) is 13.0 Å². The Balaban J connectivity index is 1.03. The normalized spacial score (nSPS) is 18.2. The van der Waals surface area contributed by atoms with Crippen LogP contribution in [-0.4, -0.2) is 55.1 Å². The van der Waals surface area contributed by atoms with Crippen LogP contribution in [0.1, 0.15) is 42.0 Å². The Morgan fingerprint density at radius 1 is 1.18 bits per heavy atom. The van der Waals surface area contributed by atoms with E-state index in [0.29, 0.717) is 24.8 Å². The van der Waals surface area contributed by atoms with Crippen LogP contribution in [0.3, 0.4) is 0 Å². The van der Waals surface area contributed by atoms with Crippen LogP contribution in [-0.2, 0) is 31.4 Å². The maximum atomic E-state index is 13.5. The predicted octanol–water partition coefficient (Wildman–Crippen LogP) is 5.21. The zero-order valence-electron chi connectivity index (χ0n) is 22.6. The van der Waals surface area contributed by atoms with Gasteiger partial charge in [-0.3, -0.25) is 14.8 Å². The molecule has 1 amide bonds. The molecule has 0 unspecified atom stereocenters. The van der Waals surface area contributed by atoms with Gasteiger partial charge in [-0.1, -0.05) is 18.2 Å². The largest absolute Gasteiger partial charge is 0.441 e. The summed E-state index contributed by atoms with van der Waals surface area (Å²) in [4.78, 5) is 22.6. The number of rotatable bonds is 5. The number of benzene rings is 2. The van der Waals surface area contributed by atoms with E-state index in [1.165, 1.54) is 16.5 Å². The van der Waals surface area contributed by atoms with Crippen molar-refractivity contribution in [1.82, 2.24) is 29.5 Å². The van der Waals surface area contributed by atoms with Gasteiger partial charge in [0.25, 0.3) is 0 Å². The number of para-hydroxylation sites is 1. The van der Waals surface area contributed by atoms with Crippen molar-refractivity contribution >= 4 is 27.9 Å². The number of oxazole rings is 1. The second kappa shape index (κ2) is 9.68. The van der Waals surface area contributed by atoms with Gasteiger partial charge >= 0.3 is 0 Å². The van der Waals surface area contributed by atoms with Gasteiger partial charge in [-0.2, -0.15) is 5.10 Å². The number of hydrogen-bond acceptors (Lipinski definition) is 5. The molecular weight excluding hydrogens is 488 g/mol. The van der Waals surface area contributed by atoms with Crippen LogP contribution in [0.2, 0.25) is 0 Å². The van der Waals surface area contributed by atoms with Gasteiger partial charge in [-0.05, 0) is 55.1 Å². The van der Waals surface area contributed by atoms with Gasteiger partial charge in [-0.15, -0.1) is 0 Å². The molecule has 0 saturated carbocycles. The molecule has 8 nitrogen and oxygen atoms in total. The van der Waals surface area contributed by atoms with Gasteiger partial charge in [0.15, 0.2) is 11.5 Å². The van der Waals surface area contributed by atoms with Crippen LogP contribution in [0.25, 0.3) is 33.3 Å². The molecule has 0 bridgehead atoms. The zero-order valence-corrected chi connectivity index (χ0v) is 22.6. The minimum Gasteiger partial charge on any atom is -0.441 e. The summed E-state index contributed by atoms with van der Waals surface area (Å²) in [6.07, 6.45) is 5.93. The number of carbonyl (C=O) groups excluding carboxylic acids is 1. The first-order chi connectivity index (χ1) is 19.0. The van der Waals surface area contributed by atoms with Crippen molar-refractivity contribution in [2.45, 2.75) is 45.7 Å². The van der Waals surface area contributed by atoms with Crippen molar-refractivity contribution in [3.05, 3.63) is 71.4 Å². The highest BCUT2D eigenvalue weighted by atomic mass is 16.3. The molecule has 200 valence electrons. The summed E-state index contributed by atoms with van der Waals surface area (Å²) in [5.41, 5.74) is 8.41. The maximum Gasteiger partial charge on any atom is 0.223 e. The second-order valence-corrected chi connectivity index (χ2v) is 11.2. The topological polar surface area (TPSA) is 83.2 Å². The Kier molecular flexibility index (Phi) is 6.00. The molecule has 1 saturated heterocycles. The fourth-order valence-corrected chi connectivity index (χ4v) is 6.57. The van der Waals surface area contributed by atoms with Crippen molar-refractivity contribution in [3.8, 4) is 11.3 Å². The van der Waals surface area contributed by atoms with Crippen molar-refractivity contribution in [2.75, 3.05) is 19.6 Å². The molecule has 1 atom stereocenters. The number of carbonyl (C=O) groups is 1. The average Bonchev–Trinajstić information content (AvgIpc) is 3.62. The van der Waals surface area contributed by atoms with E-state index in [2.05, 4.69) is 62.2 Å². The van der Waals surface area contributed by atoms with Gasteiger partial charge in [0.2, 0.25) is 5.91 Å². The molecule has 3 aromatic heterocycles. The van der Waals surface area contributed by atoms with Crippen molar-refractivity contribution < 1.29 is 9.21 Å². The number of nitrogens with zero attached hydrogens (tertiary/aromatic N) is 5. The lowest BCUT2D eigenvalue weighted by Crippen LogP contribution is -2.40. The zero-order chi connectivity index (χ0) is 26.5. The quantitative estimate of drug-likeness (QED) is 0.343. The Morgan fingerprint density at radius 2 is 2.08 bits per heavy atom. The molecule has 1 fully saturated rings. The summed E-state index contributed by atoms with van der Waals surface area (Å²) >= 11 is 0. The lowest BCUT2D eigenvalue weighted by molar-refractivity contribution is -0.133. The first-order valence-electron chi connectivity index (χ1n) is 14.0. The van der Waals surface area contributed by atoms with E-state index in [9.17, 15) is 4.79 Å². The van der Waals surface area contributed by atoms with E-state index in [-0.39, 0.29) is 5.91 Å². The number of likely N-dealkylation sites (tertiary alicyclic amines) is 1. The number of fused-ring (bicyclic) bond motifs is 3. The lowest BCUT2D eigenvalue weighted by Gasteiger charge is -2.34. The molecule has 7 rings (SSSR count). The molecule has 2 aliphatic heterocycles. The average molecular weight is 523 g/mol. The molecular formula is C31H34N6O2. The number of hydrogen-bond donors (Lipinski definition) is 1. The fourth-order valence-electron chi connectivity index (χ4n) is 6.57. The van der Waals surface area contributed by atoms with Crippen LogP contribution < -0.4 is 0 Å². The molecule has 39 heavy (non-hydrogen) atoms. The predicted molar refractivity (Wildman–Crippen MR) is 151 cm³/mol. The van der Waals surface area contributed by atoms with Gasteiger partial charge in [0.05, 0.1) is 5.69 Å². The molecule has 0 spiro atoms. The maximum absolute atomic E-state index is 13.5. The summed E-state index contributed by atoms with van der Waals surface area (Å²) in [7, 11) is 2.12. The number of piperidine rings is 1. The molecule has 2 aliphatic rings. The molecule has 1 N–H and O–H groups in total. The standard InChI is InChI=1S/C31H34N6O2/c1-20-32-27-15-22(9-10-29(27)39-20)31-25-19-37(13-11-26(25)33-34-31)30(38)14-21-6-5-12-36(16-21)18-23-17-35(2)28-8-4-3-7-24(23)28/h3-4,7-10,15,17,21H,5-6,11-14,16,18-19H2,1-2H3,(H,33,34)/t21-/m0/s1. The highest BCUT2D eigenvalue weighted by Crippen LogP contribution is 2.32. The Labute approximate surface area is 227 Å². The molecule has 2 aromatic carbocycles. The Morgan fingerprint density at radius 3 is 3.00 bits per heavy atom. The minimum absolute atomic E-state index is 0.257. The fraction of sp³-hybridized carbons (Fsp3) is 0.387. The highest BCUT2D eigenvalue weighted by Gasteiger charge is 2.29. The Bertz CT molecular complexity index is 1680. The lowest BCUT2D eigenvalue weighted by atomic mass is 9.93. The number of amides is 1. The monoisotopic (exact) mass is 522 g/mol. The van der Waals surface area contributed by atoms with E-state index < -0.39 is 0 Å². The Hall–Kier alpha value is -3.91. The van der Waals surface area contributed by atoms with Gasteiger partial charge in [0.1, 0.15) is 5.52 Å². The third-order valence-corrected chi connectivity index (χ3v) is 8.49. The molecule has 5 aromatic rings. The number of nitrogens with one attached hydrogen (secondary N) is 1. The van der Waals surface area contributed by atoms with E-state index in [0.717, 1.165) is 79.1 Å². The van der Waals surface area contributed by atoms with E-state index in [1.54, 1.807) is 0 Å². The van der Waals surface area contributed by atoms with Gasteiger partial charge in [-0.25, -0.2) is 4.98 Å². The summed E-state index contributed by atoms with van der Waals surface area (Å²) in [6, 6.07) is 14.6. The molecule has 8 heteroatoms. The molecule has 0 radical (unpaired) electrons. The van der Waals surface area contributed by atoms with Crippen LogP contribution in [0, 0.1) is 12.8 Å². The third kappa shape index (κ3) is 4.52. The summed E-state index contributed by atoms with van der Waals surface area (Å²) in [6.45, 7) is 6.20. The summed E-state index contributed by atoms with van der Waals surface area (Å²) in [5, 5.41) is 9.19. The third-order valence-electron chi connectivity index (χ3n) is 8.49. The van der Waals surface area contributed by atoms with E-state index in [4.69, 9.17) is 4.42 Å². The van der Waals surface area contributed by atoms with Gasteiger partial charge < -0.3 is 13.9 Å². The van der Waals surface area contributed by atoms with Crippen molar-refractivity contribution in [3.63, 3.8) is 0 Å². The smallest absolute Gasteiger partial charge is 0.223 e. The summed E-state index contributed by atoms with van der Waals surface area (Å²) in [5.74, 6) is 1.30. The molecule has 5 heterocycles. The van der Waals surface area contributed by atoms with Crippen LogP contribution in [0.4, 0.5) is 0 Å². The van der Waals surface area contributed by atoms with E-state index >= 15 is 0 Å².